The molecule has 0 saturated carbocycles. The largest absolute Gasteiger partial charge is 0.469 e. The third kappa shape index (κ3) is 2.61. The van der Waals surface area contributed by atoms with Crippen molar-refractivity contribution in [2.45, 2.75) is 19.8 Å². The van der Waals surface area contributed by atoms with Gasteiger partial charge >= 0.3 is 5.97 Å². The highest BCUT2D eigenvalue weighted by Gasteiger charge is 2.51. The van der Waals surface area contributed by atoms with Gasteiger partial charge in [-0.25, -0.2) is 4.98 Å². The zero-order valence-electron chi connectivity index (χ0n) is 13.4. The van der Waals surface area contributed by atoms with Crippen LogP contribution in [0.15, 0.2) is 0 Å². The van der Waals surface area contributed by atoms with Crippen molar-refractivity contribution in [3.05, 3.63) is 11.3 Å². The second-order valence-electron chi connectivity index (χ2n) is 6.57. The second kappa shape index (κ2) is 5.39. The van der Waals surface area contributed by atoms with Gasteiger partial charge in [0.25, 0.3) is 0 Å². The minimum Gasteiger partial charge on any atom is -0.469 e. The highest BCUT2D eigenvalue weighted by atomic mass is 16.5. The molecular formula is C15H23N5O2. The quantitative estimate of drug-likeness (QED) is 0.797. The highest BCUT2D eigenvalue weighted by Crippen LogP contribution is 2.41. The van der Waals surface area contributed by atoms with E-state index in [-0.39, 0.29) is 5.97 Å². The number of carbonyl (C=O) groups excluding carboxylic acids is 1. The molecule has 0 amide bonds. The molecule has 1 aromatic rings. The van der Waals surface area contributed by atoms with Gasteiger partial charge in [0.1, 0.15) is 5.82 Å². The van der Waals surface area contributed by atoms with E-state index in [4.69, 9.17) is 10.5 Å². The van der Waals surface area contributed by atoms with Crippen molar-refractivity contribution in [3.63, 3.8) is 0 Å². The Morgan fingerprint density at radius 3 is 2.59 bits per heavy atom. The Labute approximate surface area is 130 Å². The fourth-order valence-electron chi connectivity index (χ4n) is 3.70. The van der Waals surface area contributed by atoms with Crippen molar-refractivity contribution in [1.29, 1.82) is 0 Å². The molecule has 0 atom stereocenters. The summed E-state index contributed by atoms with van der Waals surface area (Å²) in [6.07, 6.45) is 0.914. The molecule has 0 aromatic carbocycles. The predicted octanol–water partition coefficient (Wildman–Crippen LogP) is 0.225. The number of nitrogens with two attached hydrogens (primary N) is 1. The Bertz CT molecular complexity index is 590. The molecule has 0 unspecified atom stereocenters. The van der Waals surface area contributed by atoms with E-state index in [9.17, 15) is 4.79 Å². The Kier molecular flexibility index (Phi) is 3.68. The fraction of sp³-hybridized carbons (Fsp3) is 0.667. The summed E-state index contributed by atoms with van der Waals surface area (Å²) in [6, 6.07) is 0. The van der Waals surface area contributed by atoms with E-state index >= 15 is 0 Å². The number of carbonyl (C=O) groups is 1. The van der Waals surface area contributed by atoms with Gasteiger partial charge < -0.3 is 20.3 Å². The molecular weight excluding hydrogens is 282 g/mol. The molecule has 7 nitrogen and oxygen atoms in total. The SMILES string of the molecule is COC(=O)CCc1c(C)nc(N)nc1N1CC2(CN(C)C2)C1. The smallest absolute Gasteiger partial charge is 0.305 e. The molecule has 2 aliphatic rings. The zero-order chi connectivity index (χ0) is 15.9. The van der Waals surface area contributed by atoms with Gasteiger partial charge in [0.15, 0.2) is 0 Å². The number of ether oxygens (including phenoxy) is 1. The van der Waals surface area contributed by atoms with Crippen LogP contribution in [-0.4, -0.2) is 61.2 Å². The zero-order valence-corrected chi connectivity index (χ0v) is 13.4. The number of likely N-dealkylation sites (tertiary alicyclic amines) is 1. The molecule has 0 radical (unpaired) electrons. The Balaban J connectivity index is 1.76. The number of nitrogen functional groups attached to an aromatic ring is 1. The number of hydrogen-bond acceptors (Lipinski definition) is 7. The van der Waals surface area contributed by atoms with Gasteiger partial charge in [0.2, 0.25) is 5.95 Å². The first-order chi connectivity index (χ1) is 10.4. The summed E-state index contributed by atoms with van der Waals surface area (Å²) < 4.78 is 4.72. The number of aryl methyl sites for hydroxylation is 1. The van der Waals surface area contributed by atoms with E-state index in [1.54, 1.807) is 0 Å². The maximum atomic E-state index is 11.4. The average molecular weight is 305 g/mol. The fourth-order valence-corrected chi connectivity index (χ4v) is 3.70. The Morgan fingerprint density at radius 1 is 1.32 bits per heavy atom. The maximum absolute atomic E-state index is 11.4. The summed E-state index contributed by atoms with van der Waals surface area (Å²) in [4.78, 5) is 24.7. The number of anilines is 2. The number of methoxy groups -OCH3 is 1. The van der Waals surface area contributed by atoms with E-state index in [0.717, 1.165) is 43.3 Å². The van der Waals surface area contributed by atoms with E-state index in [1.807, 2.05) is 6.92 Å². The molecule has 0 aliphatic carbocycles. The van der Waals surface area contributed by atoms with Crippen LogP contribution in [0, 0.1) is 12.3 Å². The number of nitrogens with zero attached hydrogens (tertiary/aromatic N) is 4. The van der Waals surface area contributed by atoms with Crippen molar-refractivity contribution >= 4 is 17.7 Å². The first-order valence-corrected chi connectivity index (χ1v) is 7.56. The Morgan fingerprint density at radius 2 is 2.00 bits per heavy atom. The lowest BCUT2D eigenvalue weighted by atomic mass is 9.73. The lowest BCUT2D eigenvalue weighted by Crippen LogP contribution is -2.71. The molecule has 2 fully saturated rings. The molecule has 2 N–H and O–H groups in total. The Hall–Kier alpha value is -1.89. The normalized spacial score (nSPS) is 19.7. The first-order valence-electron chi connectivity index (χ1n) is 7.56. The summed E-state index contributed by atoms with van der Waals surface area (Å²) in [7, 11) is 3.55. The molecule has 7 heteroatoms. The van der Waals surface area contributed by atoms with Gasteiger partial charge in [-0.05, 0) is 20.4 Å². The second-order valence-corrected chi connectivity index (χ2v) is 6.57. The number of esters is 1. The van der Waals surface area contributed by atoms with Crippen LogP contribution >= 0.6 is 0 Å². The predicted molar refractivity (Wildman–Crippen MR) is 83.7 cm³/mol. The van der Waals surface area contributed by atoms with Gasteiger partial charge in [-0.1, -0.05) is 0 Å². The first kappa shape index (κ1) is 15.0. The van der Waals surface area contributed by atoms with E-state index < -0.39 is 0 Å². The van der Waals surface area contributed by atoms with E-state index in [1.165, 1.54) is 7.11 Å². The van der Waals surface area contributed by atoms with Gasteiger partial charge in [0.05, 0.1) is 7.11 Å². The summed E-state index contributed by atoms with van der Waals surface area (Å²) in [5.74, 6) is 0.956. The monoisotopic (exact) mass is 305 g/mol. The third-order valence-corrected chi connectivity index (χ3v) is 4.58. The minimum atomic E-state index is -0.220. The van der Waals surface area contributed by atoms with Crippen molar-refractivity contribution in [3.8, 4) is 0 Å². The summed E-state index contributed by atoms with van der Waals surface area (Å²) >= 11 is 0. The van der Waals surface area contributed by atoms with Crippen LogP contribution in [0.5, 0.6) is 0 Å². The van der Waals surface area contributed by atoms with Crippen molar-refractivity contribution in [2.24, 2.45) is 5.41 Å². The van der Waals surface area contributed by atoms with E-state index in [2.05, 4.69) is 26.8 Å². The summed E-state index contributed by atoms with van der Waals surface area (Å²) in [6.45, 7) is 6.19. The van der Waals surface area contributed by atoms with Crippen LogP contribution in [0.4, 0.5) is 11.8 Å². The van der Waals surface area contributed by atoms with Crippen LogP contribution in [0.1, 0.15) is 17.7 Å². The van der Waals surface area contributed by atoms with Crippen LogP contribution in [0.2, 0.25) is 0 Å². The average Bonchev–Trinajstić information content (AvgIpc) is 2.39. The lowest BCUT2D eigenvalue weighted by molar-refractivity contribution is -0.140. The van der Waals surface area contributed by atoms with Crippen LogP contribution in [0.3, 0.4) is 0 Å². The number of rotatable bonds is 4. The summed E-state index contributed by atoms with van der Waals surface area (Å²) in [5.41, 5.74) is 8.08. The van der Waals surface area contributed by atoms with Crippen LogP contribution < -0.4 is 10.6 Å². The number of hydrogen-bond donors (Lipinski definition) is 1. The highest BCUT2D eigenvalue weighted by molar-refractivity contribution is 5.70. The molecule has 0 bridgehead atoms. The van der Waals surface area contributed by atoms with Gasteiger partial charge in [0, 0.05) is 49.3 Å². The topological polar surface area (TPSA) is 84.6 Å². The van der Waals surface area contributed by atoms with Gasteiger partial charge in [-0.15, -0.1) is 0 Å². The molecule has 3 rings (SSSR count). The standard InChI is InChI=1S/C15H23N5O2/c1-10-11(4-5-12(21)22-3)13(18-14(16)17-10)20-8-15(9-20)6-19(2)7-15/h4-9H2,1-3H3,(H2,16,17,18). The molecule has 2 aliphatic heterocycles. The molecule has 3 heterocycles. The van der Waals surface area contributed by atoms with Crippen molar-refractivity contribution in [2.75, 3.05) is 51.0 Å². The summed E-state index contributed by atoms with van der Waals surface area (Å²) in [5, 5.41) is 0. The van der Waals surface area contributed by atoms with E-state index in [0.29, 0.717) is 24.2 Å². The number of aromatic nitrogens is 2. The molecule has 1 aromatic heterocycles. The third-order valence-electron chi connectivity index (χ3n) is 4.58. The van der Waals surface area contributed by atoms with Gasteiger partial charge in [-0.2, -0.15) is 4.98 Å². The lowest BCUT2D eigenvalue weighted by Gasteiger charge is -2.60. The van der Waals surface area contributed by atoms with Crippen molar-refractivity contribution < 1.29 is 9.53 Å². The molecule has 2 saturated heterocycles. The minimum absolute atomic E-state index is 0.220. The van der Waals surface area contributed by atoms with Gasteiger partial charge in [-0.3, -0.25) is 4.79 Å². The maximum Gasteiger partial charge on any atom is 0.305 e. The molecule has 1 spiro atoms. The molecule has 22 heavy (non-hydrogen) atoms. The molecule has 120 valence electrons. The van der Waals surface area contributed by atoms with Crippen LogP contribution in [-0.2, 0) is 16.0 Å². The van der Waals surface area contributed by atoms with Crippen LogP contribution in [0.25, 0.3) is 0 Å². The van der Waals surface area contributed by atoms with Crippen molar-refractivity contribution in [1.82, 2.24) is 14.9 Å².